The summed E-state index contributed by atoms with van der Waals surface area (Å²) in [6.45, 7) is 2.24. The maximum absolute atomic E-state index is 11.0. The van der Waals surface area contributed by atoms with Crippen molar-refractivity contribution in [2.45, 2.75) is 84.0 Å². The lowest BCUT2D eigenvalue weighted by Crippen LogP contribution is -1.99. The zero-order valence-electron chi connectivity index (χ0n) is 15.9. The van der Waals surface area contributed by atoms with Crippen molar-refractivity contribution in [3.63, 3.8) is 0 Å². The molecule has 0 fully saturated rings. The Bertz CT molecular complexity index is 518. The maximum Gasteiger partial charge on any atom is 0.287 e. The van der Waals surface area contributed by atoms with Gasteiger partial charge in [0.05, 0.1) is 0 Å². The van der Waals surface area contributed by atoms with Crippen molar-refractivity contribution in [1.82, 2.24) is 0 Å². The Hall–Kier alpha value is -2.20. The van der Waals surface area contributed by atoms with Crippen LogP contribution in [-0.2, 0) is 4.79 Å². The molecule has 6 nitrogen and oxygen atoms in total. The topological polar surface area (TPSA) is 106 Å². The molecule has 2 N–H and O–H groups in total. The summed E-state index contributed by atoms with van der Waals surface area (Å²) in [7, 11) is 0. The average Bonchev–Trinajstić information content (AvgIpc) is 2.64. The molecule has 26 heavy (non-hydrogen) atoms. The highest BCUT2D eigenvalue weighted by molar-refractivity contribution is 5.92. The fraction of sp³-hybridized carbons (Fsp3) is 0.650. The first-order valence-electron chi connectivity index (χ1n) is 9.68. The molecule has 0 saturated heterocycles. The van der Waals surface area contributed by atoms with Crippen LogP contribution in [0.5, 0.6) is 0 Å². The summed E-state index contributed by atoms with van der Waals surface area (Å²) in [5, 5.41) is 21.4. The summed E-state index contributed by atoms with van der Waals surface area (Å²) in [5.41, 5.74) is 8.08. The average molecular weight is 364 g/mol. The molecule has 0 radical (unpaired) electrons. The number of carbonyl (C=O) groups is 1. The van der Waals surface area contributed by atoms with Crippen molar-refractivity contribution in [3.8, 4) is 0 Å². The largest absolute Gasteiger partial charge is 0.504 e. The maximum atomic E-state index is 11.0. The lowest BCUT2D eigenvalue weighted by molar-refractivity contribution is -0.117. The third-order valence-corrected chi connectivity index (χ3v) is 4.06. The molecule has 0 aromatic heterocycles. The Labute approximate surface area is 156 Å². The molecule has 0 aliphatic carbocycles. The van der Waals surface area contributed by atoms with Crippen molar-refractivity contribution in [2.75, 3.05) is 0 Å². The molecule has 0 spiro atoms. The quantitative estimate of drug-likeness (QED) is 0.0624. The highest BCUT2D eigenvalue weighted by atomic mass is 16.3. The number of rotatable bonds is 15. The molecule has 0 unspecified atom stereocenters. The van der Waals surface area contributed by atoms with Gasteiger partial charge in [0.2, 0.25) is 5.76 Å². The number of nitrogens with zero attached hydrogens (tertiary/aromatic N) is 3. The van der Waals surface area contributed by atoms with E-state index in [9.17, 15) is 15.0 Å². The summed E-state index contributed by atoms with van der Waals surface area (Å²) >= 11 is 0. The number of unbranched alkanes of at least 4 members (excludes halogenated alkanes) is 11. The summed E-state index contributed by atoms with van der Waals surface area (Å²) in [4.78, 5) is 13.3. The van der Waals surface area contributed by atoms with Gasteiger partial charge >= 0.3 is 0 Å². The SMILES string of the molecule is CCCCCCCCCCCCCC=CC=CC(O)=C(O)C(=O)N=[N+]=[N-]. The van der Waals surface area contributed by atoms with Crippen LogP contribution in [0.2, 0.25) is 0 Å². The van der Waals surface area contributed by atoms with E-state index in [1.54, 1.807) is 6.08 Å². The lowest BCUT2D eigenvalue weighted by atomic mass is 10.1. The first kappa shape index (κ1) is 23.8. The molecule has 0 rings (SSSR count). The van der Waals surface area contributed by atoms with Crippen molar-refractivity contribution in [2.24, 2.45) is 5.11 Å². The lowest BCUT2D eigenvalue weighted by Gasteiger charge is -2.01. The second-order valence-electron chi connectivity index (χ2n) is 6.34. The molecule has 0 aliphatic rings. The Kier molecular flexibility index (Phi) is 16.1. The highest BCUT2D eigenvalue weighted by Gasteiger charge is 2.09. The van der Waals surface area contributed by atoms with Gasteiger partial charge in [0.25, 0.3) is 5.91 Å². The molecule has 146 valence electrons. The minimum absolute atomic E-state index is 0.623. The summed E-state index contributed by atoms with van der Waals surface area (Å²) < 4.78 is 0. The number of aliphatic hydroxyl groups excluding tert-OH is 2. The molecule has 0 aromatic carbocycles. The molecule has 0 aliphatic heterocycles. The molecule has 6 heteroatoms. The first-order chi connectivity index (χ1) is 12.6. The van der Waals surface area contributed by atoms with E-state index in [0.717, 1.165) is 12.8 Å². The van der Waals surface area contributed by atoms with Gasteiger partial charge in [-0.1, -0.05) is 89.4 Å². The zero-order chi connectivity index (χ0) is 19.5. The summed E-state index contributed by atoms with van der Waals surface area (Å²) in [6.07, 6.45) is 21.8. The van der Waals surface area contributed by atoms with Gasteiger partial charge in [-0.25, -0.2) is 0 Å². The van der Waals surface area contributed by atoms with Gasteiger partial charge in [0.15, 0.2) is 5.76 Å². The van der Waals surface area contributed by atoms with E-state index in [-0.39, 0.29) is 0 Å². The van der Waals surface area contributed by atoms with Crippen LogP contribution < -0.4 is 0 Å². The number of amides is 1. The monoisotopic (exact) mass is 363 g/mol. The van der Waals surface area contributed by atoms with Crippen LogP contribution in [0, 0.1) is 0 Å². The Morgan fingerprint density at radius 2 is 1.46 bits per heavy atom. The zero-order valence-corrected chi connectivity index (χ0v) is 15.9. The minimum Gasteiger partial charge on any atom is -0.504 e. The number of aliphatic hydroxyl groups is 2. The molecule has 0 aromatic rings. The van der Waals surface area contributed by atoms with Crippen LogP contribution in [0.3, 0.4) is 0 Å². The molecule has 0 heterocycles. The molecular formula is C20H33N3O3. The van der Waals surface area contributed by atoms with E-state index < -0.39 is 17.4 Å². The van der Waals surface area contributed by atoms with Crippen molar-refractivity contribution in [1.29, 1.82) is 0 Å². The van der Waals surface area contributed by atoms with Gasteiger partial charge in [-0.3, -0.25) is 4.79 Å². The van der Waals surface area contributed by atoms with Crippen LogP contribution in [0.4, 0.5) is 0 Å². The number of azide groups is 1. The van der Waals surface area contributed by atoms with Gasteiger partial charge in [-0.05, 0) is 29.6 Å². The third kappa shape index (κ3) is 14.2. The second kappa shape index (κ2) is 17.6. The van der Waals surface area contributed by atoms with Crippen molar-refractivity contribution < 1.29 is 15.0 Å². The van der Waals surface area contributed by atoms with Crippen LogP contribution >= 0.6 is 0 Å². The standard InChI is InChI=1S/C20H33N3O3/c1-2-3-4-5-6-7-8-9-10-11-12-13-14-15-16-17-18(24)19(25)20(26)22-23-21/h14-17,24-25H,2-13H2,1H3. The number of allylic oxidation sites excluding steroid dienone is 4. The predicted molar refractivity (Wildman–Crippen MR) is 106 cm³/mol. The van der Waals surface area contributed by atoms with Crippen molar-refractivity contribution >= 4 is 5.91 Å². The van der Waals surface area contributed by atoms with Crippen LogP contribution in [0.15, 0.2) is 40.9 Å². The highest BCUT2D eigenvalue weighted by Crippen LogP contribution is 2.12. The molecule has 0 bridgehead atoms. The van der Waals surface area contributed by atoms with Crippen LogP contribution in [0.25, 0.3) is 10.4 Å². The number of hydrogen-bond acceptors (Lipinski definition) is 3. The fourth-order valence-corrected chi connectivity index (χ4v) is 2.52. The van der Waals surface area contributed by atoms with Crippen LogP contribution in [0.1, 0.15) is 84.0 Å². The normalized spacial score (nSPS) is 12.3. The Morgan fingerprint density at radius 3 is 2.00 bits per heavy atom. The first-order valence-corrected chi connectivity index (χ1v) is 9.68. The van der Waals surface area contributed by atoms with Gasteiger partial charge < -0.3 is 10.2 Å². The molecule has 1 amide bonds. The molecular weight excluding hydrogens is 330 g/mol. The minimum atomic E-state index is -1.21. The van der Waals surface area contributed by atoms with Gasteiger partial charge in [-0.2, -0.15) is 0 Å². The van der Waals surface area contributed by atoms with Gasteiger partial charge in [0.1, 0.15) is 0 Å². The predicted octanol–water partition coefficient (Wildman–Crippen LogP) is 6.96. The van der Waals surface area contributed by atoms with Crippen molar-refractivity contribution in [3.05, 3.63) is 46.3 Å². The number of carbonyl (C=O) groups excluding carboxylic acids is 1. The molecule has 0 saturated carbocycles. The van der Waals surface area contributed by atoms with Gasteiger partial charge in [-0.15, -0.1) is 0 Å². The third-order valence-electron chi connectivity index (χ3n) is 4.06. The summed E-state index contributed by atoms with van der Waals surface area (Å²) in [6, 6.07) is 0. The van der Waals surface area contributed by atoms with E-state index in [0.29, 0.717) is 0 Å². The van der Waals surface area contributed by atoms with Crippen LogP contribution in [-0.4, -0.2) is 16.1 Å². The van der Waals surface area contributed by atoms with E-state index in [1.165, 1.54) is 76.4 Å². The summed E-state index contributed by atoms with van der Waals surface area (Å²) in [5.74, 6) is -2.79. The Balaban J connectivity index is 3.66. The Morgan fingerprint density at radius 1 is 0.923 bits per heavy atom. The van der Waals surface area contributed by atoms with E-state index in [2.05, 4.69) is 16.9 Å². The van der Waals surface area contributed by atoms with Gasteiger partial charge in [0, 0.05) is 4.91 Å². The smallest absolute Gasteiger partial charge is 0.287 e. The second-order valence-corrected chi connectivity index (χ2v) is 6.34. The van der Waals surface area contributed by atoms with E-state index in [4.69, 9.17) is 5.53 Å². The fourth-order valence-electron chi connectivity index (χ4n) is 2.52. The van der Waals surface area contributed by atoms with E-state index >= 15 is 0 Å². The van der Waals surface area contributed by atoms with E-state index in [1.807, 2.05) is 6.08 Å². The number of hydrogen-bond donors (Lipinski definition) is 2. The molecule has 0 atom stereocenters.